The Morgan fingerprint density at radius 2 is 1.93 bits per heavy atom. The van der Waals surface area contributed by atoms with Crippen molar-refractivity contribution >= 4 is 39.1 Å². The number of nitrogens with one attached hydrogen (secondary N) is 1. The number of amides is 1. The molecular formula is C19H20N4O5S. The van der Waals surface area contributed by atoms with Gasteiger partial charge >= 0.3 is 0 Å². The number of hydrogen-bond donors (Lipinski definition) is 1. The van der Waals surface area contributed by atoms with E-state index in [1.807, 2.05) is 0 Å². The van der Waals surface area contributed by atoms with Gasteiger partial charge in [0.15, 0.2) is 22.4 Å². The zero-order valence-corrected chi connectivity index (χ0v) is 17.0. The summed E-state index contributed by atoms with van der Waals surface area (Å²) in [7, 11) is 3.02. The summed E-state index contributed by atoms with van der Waals surface area (Å²) in [5.41, 5.74) is 0.611. The number of Topliss-reactive ketones (excluding diaryl/α,β-unsaturated/α-hetero) is 1. The highest BCUT2D eigenvalue weighted by Crippen LogP contribution is 2.29. The quantitative estimate of drug-likeness (QED) is 0.561. The van der Waals surface area contributed by atoms with Gasteiger partial charge in [-0.15, -0.1) is 11.3 Å². The fraction of sp³-hybridized carbons (Fsp3) is 0.316. The van der Waals surface area contributed by atoms with Crippen LogP contribution in [-0.4, -0.2) is 40.4 Å². The van der Waals surface area contributed by atoms with Crippen LogP contribution in [0.1, 0.15) is 30.3 Å². The topological polar surface area (TPSA) is 112 Å². The first-order valence-electron chi connectivity index (χ1n) is 8.80. The Hall–Kier alpha value is -3.27. The fourth-order valence-corrected chi connectivity index (χ4v) is 3.50. The van der Waals surface area contributed by atoms with E-state index < -0.39 is 0 Å². The number of rotatable bonds is 8. The van der Waals surface area contributed by atoms with Crippen LogP contribution in [0.2, 0.25) is 0 Å². The third-order valence-electron chi connectivity index (χ3n) is 4.24. The second-order valence-electron chi connectivity index (χ2n) is 6.21. The maximum absolute atomic E-state index is 12.7. The summed E-state index contributed by atoms with van der Waals surface area (Å²) in [5.74, 6) is 0.558. The van der Waals surface area contributed by atoms with Gasteiger partial charge in [0.2, 0.25) is 5.91 Å². The van der Waals surface area contributed by atoms with Gasteiger partial charge < -0.3 is 14.8 Å². The molecule has 0 saturated heterocycles. The van der Waals surface area contributed by atoms with E-state index in [1.165, 1.54) is 43.4 Å². The molecule has 0 aliphatic rings. The van der Waals surface area contributed by atoms with Crippen molar-refractivity contribution in [2.24, 2.45) is 0 Å². The molecule has 1 amide bonds. The number of nitrogens with zero attached hydrogens (tertiary/aromatic N) is 3. The van der Waals surface area contributed by atoms with Gasteiger partial charge in [-0.25, -0.2) is 9.97 Å². The number of benzene rings is 1. The minimum absolute atomic E-state index is 0.154. The maximum atomic E-state index is 12.7. The molecule has 0 saturated carbocycles. The summed E-state index contributed by atoms with van der Waals surface area (Å²) in [6.45, 7) is 1.75. The van der Waals surface area contributed by atoms with Gasteiger partial charge in [0.25, 0.3) is 5.56 Å². The summed E-state index contributed by atoms with van der Waals surface area (Å²) >= 11 is 1.20. The van der Waals surface area contributed by atoms with Crippen molar-refractivity contribution in [2.45, 2.75) is 26.3 Å². The van der Waals surface area contributed by atoms with Gasteiger partial charge in [-0.3, -0.25) is 19.0 Å². The molecule has 2 heterocycles. The third kappa shape index (κ3) is 4.60. The number of methoxy groups -OCH3 is 2. The predicted molar refractivity (Wildman–Crippen MR) is 109 cm³/mol. The number of aryl methyl sites for hydroxylation is 1. The van der Waals surface area contributed by atoms with E-state index in [2.05, 4.69) is 15.3 Å². The van der Waals surface area contributed by atoms with Crippen molar-refractivity contribution in [2.75, 3.05) is 19.5 Å². The first-order chi connectivity index (χ1) is 13.9. The normalized spacial score (nSPS) is 10.7. The van der Waals surface area contributed by atoms with Gasteiger partial charge in [0.05, 0.1) is 31.4 Å². The van der Waals surface area contributed by atoms with Crippen molar-refractivity contribution < 1.29 is 19.1 Å². The standard InChI is InChI=1S/C19H20N4O5S/c1-11(24)14-9-29-19(21-14)22-17(25)5-4-6-23-10-20-13-8-16(28-3)15(27-2)7-12(13)18(23)26/h7-10H,4-6H2,1-3H3,(H,21,22,25). The highest BCUT2D eigenvalue weighted by Gasteiger charge is 2.12. The molecule has 9 nitrogen and oxygen atoms in total. The van der Waals surface area contributed by atoms with Crippen LogP contribution >= 0.6 is 11.3 Å². The van der Waals surface area contributed by atoms with E-state index in [0.29, 0.717) is 46.2 Å². The smallest absolute Gasteiger partial charge is 0.261 e. The van der Waals surface area contributed by atoms with E-state index in [4.69, 9.17) is 9.47 Å². The lowest BCUT2D eigenvalue weighted by atomic mass is 10.2. The average Bonchev–Trinajstić information content (AvgIpc) is 3.17. The number of hydrogen-bond acceptors (Lipinski definition) is 8. The summed E-state index contributed by atoms with van der Waals surface area (Å²) in [6, 6.07) is 3.25. The Balaban J connectivity index is 1.65. The van der Waals surface area contributed by atoms with E-state index in [0.717, 1.165) is 0 Å². The molecule has 0 aliphatic carbocycles. The second-order valence-corrected chi connectivity index (χ2v) is 7.07. The summed E-state index contributed by atoms with van der Waals surface area (Å²) < 4.78 is 11.9. The van der Waals surface area contributed by atoms with Gasteiger partial charge in [-0.1, -0.05) is 0 Å². The van der Waals surface area contributed by atoms with Gasteiger partial charge in [-0.05, 0) is 12.5 Å². The zero-order chi connectivity index (χ0) is 21.0. The zero-order valence-electron chi connectivity index (χ0n) is 16.2. The Bertz CT molecular complexity index is 1120. The van der Waals surface area contributed by atoms with Crippen LogP contribution in [0.15, 0.2) is 28.6 Å². The van der Waals surface area contributed by atoms with Gasteiger partial charge in [-0.2, -0.15) is 0 Å². The van der Waals surface area contributed by atoms with E-state index >= 15 is 0 Å². The molecule has 152 valence electrons. The lowest BCUT2D eigenvalue weighted by Gasteiger charge is -2.10. The summed E-state index contributed by atoms with van der Waals surface area (Å²) in [4.78, 5) is 44.4. The second kappa shape index (κ2) is 8.82. The first-order valence-corrected chi connectivity index (χ1v) is 9.68. The highest BCUT2D eigenvalue weighted by atomic mass is 32.1. The van der Waals surface area contributed by atoms with Crippen LogP contribution in [0, 0.1) is 0 Å². The van der Waals surface area contributed by atoms with E-state index in [-0.39, 0.29) is 23.7 Å². The van der Waals surface area contributed by atoms with Crippen molar-refractivity contribution in [1.29, 1.82) is 0 Å². The number of thiazole rings is 1. The molecule has 1 N–H and O–H groups in total. The molecule has 10 heteroatoms. The van der Waals surface area contributed by atoms with Crippen LogP contribution < -0.4 is 20.3 Å². The lowest BCUT2D eigenvalue weighted by molar-refractivity contribution is -0.116. The average molecular weight is 416 g/mol. The largest absolute Gasteiger partial charge is 0.493 e. The molecular weight excluding hydrogens is 396 g/mol. The highest BCUT2D eigenvalue weighted by molar-refractivity contribution is 7.14. The molecule has 3 rings (SSSR count). The van der Waals surface area contributed by atoms with Crippen LogP contribution in [0.5, 0.6) is 11.5 Å². The molecule has 0 fully saturated rings. The molecule has 0 radical (unpaired) electrons. The number of ether oxygens (including phenoxy) is 2. The van der Waals surface area contributed by atoms with Crippen molar-refractivity contribution in [3.63, 3.8) is 0 Å². The van der Waals surface area contributed by atoms with Crippen molar-refractivity contribution in [1.82, 2.24) is 14.5 Å². The van der Waals surface area contributed by atoms with Gasteiger partial charge in [0.1, 0.15) is 5.69 Å². The molecule has 29 heavy (non-hydrogen) atoms. The first kappa shape index (κ1) is 20.5. The molecule has 0 bridgehead atoms. The SMILES string of the molecule is COc1cc2ncn(CCCC(=O)Nc3nc(C(C)=O)cs3)c(=O)c2cc1OC. The monoisotopic (exact) mass is 416 g/mol. The Kier molecular flexibility index (Phi) is 6.23. The number of aromatic nitrogens is 3. The van der Waals surface area contributed by atoms with Crippen molar-refractivity contribution in [3.8, 4) is 11.5 Å². The van der Waals surface area contributed by atoms with Crippen molar-refractivity contribution in [3.05, 3.63) is 39.9 Å². The molecule has 0 unspecified atom stereocenters. The third-order valence-corrected chi connectivity index (χ3v) is 5.00. The Morgan fingerprint density at radius 3 is 2.59 bits per heavy atom. The van der Waals surface area contributed by atoms with Crippen LogP contribution in [-0.2, 0) is 11.3 Å². The number of ketones is 1. The molecule has 3 aromatic rings. The van der Waals surface area contributed by atoms with Gasteiger partial charge in [0, 0.05) is 31.3 Å². The van der Waals surface area contributed by atoms with Crippen LogP contribution in [0.25, 0.3) is 10.9 Å². The van der Waals surface area contributed by atoms with E-state index in [1.54, 1.807) is 17.5 Å². The molecule has 0 aliphatic heterocycles. The number of carbonyl (C=O) groups is 2. The summed E-state index contributed by atoms with van der Waals surface area (Å²) in [6.07, 6.45) is 2.09. The molecule has 0 spiro atoms. The molecule has 1 aromatic carbocycles. The Morgan fingerprint density at radius 1 is 1.21 bits per heavy atom. The molecule has 2 aromatic heterocycles. The number of anilines is 1. The minimum Gasteiger partial charge on any atom is -0.493 e. The maximum Gasteiger partial charge on any atom is 0.261 e. The summed E-state index contributed by atoms with van der Waals surface area (Å²) in [5, 5.41) is 5.05. The van der Waals surface area contributed by atoms with E-state index in [9.17, 15) is 14.4 Å². The number of fused-ring (bicyclic) bond motifs is 1. The number of carbonyl (C=O) groups excluding carboxylic acids is 2. The Labute approximate surface area is 170 Å². The molecule has 0 atom stereocenters. The van der Waals surface area contributed by atoms with Crippen LogP contribution in [0.4, 0.5) is 5.13 Å². The minimum atomic E-state index is -0.234. The predicted octanol–water partition coefficient (Wildman–Crippen LogP) is 2.49. The van der Waals surface area contributed by atoms with Crippen LogP contribution in [0.3, 0.4) is 0 Å². The fourth-order valence-electron chi connectivity index (χ4n) is 2.73. The lowest BCUT2D eigenvalue weighted by Crippen LogP contribution is -2.22.